The molecule has 40 heavy (non-hydrogen) atoms. The Hall–Kier alpha value is -2.85. The summed E-state index contributed by atoms with van der Waals surface area (Å²) in [5, 5.41) is 6.95. The van der Waals surface area contributed by atoms with Crippen molar-refractivity contribution in [3.8, 4) is 17.0 Å². The zero-order chi connectivity index (χ0) is 27.9. The van der Waals surface area contributed by atoms with Crippen molar-refractivity contribution in [3.63, 3.8) is 0 Å². The first-order valence-electron chi connectivity index (χ1n) is 13.5. The first kappa shape index (κ1) is 27.3. The van der Waals surface area contributed by atoms with E-state index < -0.39 is 9.73 Å². The number of nitrogens with one attached hydrogen (secondary N) is 1. The van der Waals surface area contributed by atoms with Crippen LogP contribution in [0.1, 0.15) is 44.1 Å². The predicted octanol–water partition coefficient (Wildman–Crippen LogP) is 7.11. The fraction of sp³-hybridized carbons (Fsp3) is 0.379. The average Bonchev–Trinajstić information content (AvgIpc) is 3.32. The normalized spacial score (nSPS) is 20.0. The van der Waals surface area contributed by atoms with Crippen LogP contribution in [0, 0.1) is 4.78 Å². The molecule has 0 saturated carbocycles. The Morgan fingerprint density at radius 2 is 1.80 bits per heavy atom. The summed E-state index contributed by atoms with van der Waals surface area (Å²) in [7, 11) is -2.44. The fourth-order valence-corrected chi connectivity index (χ4v) is 7.34. The SMILES string of the molecule is CC(Oc1ccc2c(c1)c(-c1ccc(N3CCS(=N)(=O)CC3)cc1)nn2C1CCCCO1)c1c(Cl)cncc1Cl. The van der Waals surface area contributed by atoms with Crippen molar-refractivity contribution in [2.24, 2.45) is 0 Å². The van der Waals surface area contributed by atoms with E-state index in [0.29, 0.717) is 46.0 Å². The number of halogens is 2. The van der Waals surface area contributed by atoms with Gasteiger partial charge in [0.25, 0.3) is 0 Å². The average molecular weight is 601 g/mol. The van der Waals surface area contributed by atoms with Crippen LogP contribution in [-0.4, -0.2) is 50.2 Å². The van der Waals surface area contributed by atoms with Crippen LogP contribution in [-0.2, 0) is 14.5 Å². The lowest BCUT2D eigenvalue weighted by molar-refractivity contribution is -0.0365. The van der Waals surface area contributed by atoms with E-state index in [4.69, 9.17) is 42.6 Å². The summed E-state index contributed by atoms with van der Waals surface area (Å²) < 4.78 is 34.4. The van der Waals surface area contributed by atoms with Crippen molar-refractivity contribution in [2.45, 2.75) is 38.5 Å². The van der Waals surface area contributed by atoms with E-state index in [-0.39, 0.29) is 12.3 Å². The molecule has 2 aliphatic rings. The second kappa shape index (κ2) is 11.2. The molecule has 2 unspecified atom stereocenters. The third kappa shape index (κ3) is 5.52. The molecule has 2 fully saturated rings. The molecule has 0 amide bonds. The van der Waals surface area contributed by atoms with E-state index in [2.05, 4.69) is 34.1 Å². The maximum atomic E-state index is 12.1. The molecule has 1 N–H and O–H groups in total. The molecule has 0 spiro atoms. The molecule has 2 aliphatic heterocycles. The van der Waals surface area contributed by atoms with Gasteiger partial charge in [-0.1, -0.05) is 35.3 Å². The molecule has 8 nitrogen and oxygen atoms in total. The number of anilines is 1. The number of benzene rings is 2. The minimum atomic E-state index is -2.44. The number of hydrogen-bond acceptors (Lipinski definition) is 7. The Morgan fingerprint density at radius 1 is 1.07 bits per heavy atom. The van der Waals surface area contributed by atoms with Gasteiger partial charge in [-0.3, -0.25) is 9.76 Å². The zero-order valence-corrected chi connectivity index (χ0v) is 24.5. The van der Waals surface area contributed by atoms with E-state index in [1.54, 1.807) is 12.4 Å². The van der Waals surface area contributed by atoms with Gasteiger partial charge in [0.2, 0.25) is 0 Å². The van der Waals surface area contributed by atoms with Gasteiger partial charge in [0.15, 0.2) is 6.23 Å². The summed E-state index contributed by atoms with van der Waals surface area (Å²) in [6, 6.07) is 14.3. The molecule has 11 heteroatoms. The van der Waals surface area contributed by atoms with Crippen molar-refractivity contribution in [1.82, 2.24) is 14.8 Å². The van der Waals surface area contributed by atoms with Crippen molar-refractivity contribution >= 4 is 49.5 Å². The number of hydrogen-bond donors (Lipinski definition) is 1. The lowest BCUT2D eigenvalue weighted by Gasteiger charge is -2.30. The highest BCUT2D eigenvalue weighted by Crippen LogP contribution is 2.38. The second-order valence-corrected chi connectivity index (χ2v) is 13.6. The van der Waals surface area contributed by atoms with Crippen LogP contribution >= 0.6 is 23.2 Å². The van der Waals surface area contributed by atoms with Crippen molar-refractivity contribution in [2.75, 3.05) is 36.1 Å². The Bertz CT molecular complexity index is 1600. The highest BCUT2D eigenvalue weighted by molar-refractivity contribution is 7.92. The minimum Gasteiger partial charge on any atom is -0.486 e. The van der Waals surface area contributed by atoms with Gasteiger partial charge in [-0.2, -0.15) is 5.10 Å². The summed E-state index contributed by atoms with van der Waals surface area (Å²) in [5.41, 5.74) is 4.56. The number of pyridine rings is 1. The van der Waals surface area contributed by atoms with E-state index in [0.717, 1.165) is 53.7 Å². The fourth-order valence-electron chi connectivity index (χ4n) is 5.43. The molecule has 2 saturated heterocycles. The highest BCUT2D eigenvalue weighted by atomic mass is 35.5. The van der Waals surface area contributed by atoms with Crippen molar-refractivity contribution < 1.29 is 13.7 Å². The van der Waals surface area contributed by atoms with Crippen LogP contribution in [0.4, 0.5) is 5.69 Å². The van der Waals surface area contributed by atoms with Crippen LogP contribution in [0.25, 0.3) is 22.2 Å². The Morgan fingerprint density at radius 3 is 2.48 bits per heavy atom. The minimum absolute atomic E-state index is 0.113. The second-order valence-electron chi connectivity index (χ2n) is 10.3. The monoisotopic (exact) mass is 599 g/mol. The summed E-state index contributed by atoms with van der Waals surface area (Å²) in [6.45, 7) is 3.89. The van der Waals surface area contributed by atoms with E-state index >= 15 is 0 Å². The standard InChI is InChI=1S/C29H31Cl2N5O3S/c1-19(28-24(30)17-33-18-25(28)31)39-22-9-10-26-23(16-22)29(34-36(26)27-4-2-3-13-38-27)20-5-7-21(8-6-20)35-11-14-40(32,37)15-12-35/h5-10,16-19,27,32H,2-4,11-15H2,1H3. The van der Waals surface area contributed by atoms with Gasteiger partial charge in [-0.25, -0.2) is 8.89 Å². The van der Waals surface area contributed by atoms with Gasteiger partial charge in [-0.15, -0.1) is 0 Å². The largest absolute Gasteiger partial charge is 0.486 e. The topological polar surface area (TPSA) is 93.3 Å². The number of aromatic nitrogens is 3. The zero-order valence-electron chi connectivity index (χ0n) is 22.2. The molecular formula is C29H31Cl2N5O3S. The predicted molar refractivity (Wildman–Crippen MR) is 160 cm³/mol. The third-order valence-electron chi connectivity index (χ3n) is 7.60. The summed E-state index contributed by atoms with van der Waals surface area (Å²) in [4.78, 5) is 6.23. The first-order chi connectivity index (χ1) is 19.3. The van der Waals surface area contributed by atoms with Gasteiger partial charge >= 0.3 is 0 Å². The van der Waals surface area contributed by atoms with Gasteiger partial charge in [-0.05, 0) is 56.5 Å². The summed E-state index contributed by atoms with van der Waals surface area (Å²) in [5.74, 6) is 1.49. The molecule has 4 aromatic rings. The van der Waals surface area contributed by atoms with E-state index in [1.165, 1.54) is 0 Å². The molecule has 0 bridgehead atoms. The van der Waals surface area contributed by atoms with Gasteiger partial charge in [0.1, 0.15) is 17.5 Å². The van der Waals surface area contributed by atoms with Crippen molar-refractivity contribution in [3.05, 3.63) is 70.5 Å². The molecule has 2 atom stereocenters. The summed E-state index contributed by atoms with van der Waals surface area (Å²) >= 11 is 12.8. The number of nitrogens with zero attached hydrogens (tertiary/aromatic N) is 4. The smallest absolute Gasteiger partial charge is 0.150 e. The third-order valence-corrected chi connectivity index (χ3v) is 9.89. The maximum absolute atomic E-state index is 12.1. The lowest BCUT2D eigenvalue weighted by atomic mass is 10.1. The maximum Gasteiger partial charge on any atom is 0.150 e. The quantitative estimate of drug-likeness (QED) is 0.254. The summed E-state index contributed by atoms with van der Waals surface area (Å²) in [6.07, 6.45) is 5.71. The van der Waals surface area contributed by atoms with Crippen LogP contribution < -0.4 is 9.64 Å². The highest BCUT2D eigenvalue weighted by Gasteiger charge is 2.24. The van der Waals surface area contributed by atoms with Gasteiger partial charge in [0, 0.05) is 75.5 Å². The molecule has 2 aromatic carbocycles. The Balaban J connectivity index is 1.35. The number of rotatable bonds is 6. The lowest BCUT2D eigenvalue weighted by Crippen LogP contribution is -2.39. The van der Waals surface area contributed by atoms with Crippen LogP contribution in [0.2, 0.25) is 10.0 Å². The Labute approximate surface area is 244 Å². The van der Waals surface area contributed by atoms with E-state index in [9.17, 15) is 4.21 Å². The Kier molecular flexibility index (Phi) is 7.65. The van der Waals surface area contributed by atoms with Crippen LogP contribution in [0.3, 0.4) is 0 Å². The molecule has 6 rings (SSSR count). The molecular weight excluding hydrogens is 569 g/mol. The van der Waals surface area contributed by atoms with Crippen molar-refractivity contribution in [1.29, 1.82) is 4.78 Å². The molecule has 210 valence electrons. The van der Waals surface area contributed by atoms with Gasteiger partial charge < -0.3 is 14.4 Å². The molecule has 0 aliphatic carbocycles. The molecule has 0 radical (unpaired) electrons. The first-order valence-corrected chi connectivity index (χ1v) is 16.1. The molecule has 2 aromatic heterocycles. The van der Waals surface area contributed by atoms with Crippen LogP contribution in [0.15, 0.2) is 54.9 Å². The number of fused-ring (bicyclic) bond motifs is 1. The molecule has 4 heterocycles. The number of ether oxygens (including phenoxy) is 2. The van der Waals surface area contributed by atoms with E-state index in [1.807, 2.05) is 29.8 Å². The van der Waals surface area contributed by atoms with Crippen LogP contribution in [0.5, 0.6) is 5.75 Å². The van der Waals surface area contributed by atoms with Gasteiger partial charge in [0.05, 0.1) is 15.6 Å².